The molecule has 4 nitrogen and oxygen atoms in total. The first kappa shape index (κ1) is 14.9. The summed E-state index contributed by atoms with van der Waals surface area (Å²) in [5.74, 6) is -1.10. The molecule has 4 heteroatoms. The summed E-state index contributed by atoms with van der Waals surface area (Å²) in [7, 11) is 0. The zero-order valence-corrected chi connectivity index (χ0v) is 11.0. The van der Waals surface area contributed by atoms with E-state index in [1.54, 1.807) is 27.7 Å². The van der Waals surface area contributed by atoms with Crippen LogP contribution in [0.15, 0.2) is 0 Å². The van der Waals surface area contributed by atoms with Gasteiger partial charge in [-0.05, 0) is 34.1 Å². The molecule has 2 N–H and O–H groups in total. The molecule has 0 radical (unpaired) electrons. The van der Waals surface area contributed by atoms with Crippen molar-refractivity contribution in [1.29, 1.82) is 0 Å². The second-order valence-electron chi connectivity index (χ2n) is 5.35. The van der Waals surface area contributed by atoms with Crippen LogP contribution in [0, 0.1) is 11.3 Å². The van der Waals surface area contributed by atoms with Gasteiger partial charge in [-0.3, -0.25) is 9.59 Å². The van der Waals surface area contributed by atoms with Crippen LogP contribution in [0.1, 0.15) is 48.0 Å². The van der Waals surface area contributed by atoms with E-state index in [0.717, 1.165) is 6.42 Å². The van der Waals surface area contributed by atoms with Crippen LogP contribution >= 0.6 is 0 Å². The van der Waals surface area contributed by atoms with Gasteiger partial charge in [-0.25, -0.2) is 0 Å². The maximum atomic E-state index is 11.8. The van der Waals surface area contributed by atoms with Crippen molar-refractivity contribution in [1.82, 2.24) is 5.32 Å². The van der Waals surface area contributed by atoms with Gasteiger partial charge in [-0.1, -0.05) is 13.8 Å². The van der Waals surface area contributed by atoms with Crippen LogP contribution in [0.3, 0.4) is 0 Å². The van der Waals surface area contributed by atoms with Crippen LogP contribution in [0.25, 0.3) is 0 Å². The average Bonchev–Trinajstić information content (AvgIpc) is 2.15. The number of rotatable bonds is 5. The molecule has 0 saturated heterocycles. The van der Waals surface area contributed by atoms with Gasteiger partial charge in [0.05, 0.1) is 5.41 Å². The fraction of sp³-hybridized carbons (Fsp3) is 0.833. The molecule has 0 rings (SSSR count). The largest absolute Gasteiger partial charge is 0.481 e. The zero-order chi connectivity index (χ0) is 13.1. The van der Waals surface area contributed by atoms with Crippen LogP contribution in [0.2, 0.25) is 0 Å². The molecule has 1 amide bonds. The molecule has 0 aliphatic heterocycles. The molecule has 1 unspecified atom stereocenters. The van der Waals surface area contributed by atoms with Gasteiger partial charge in [-0.2, -0.15) is 0 Å². The third-order valence-corrected chi connectivity index (χ3v) is 3.59. The number of carboxylic acids is 1. The molecular weight excluding hydrogens is 206 g/mol. The molecule has 0 aromatic carbocycles. The van der Waals surface area contributed by atoms with Crippen molar-refractivity contribution in [3.05, 3.63) is 0 Å². The number of carbonyl (C=O) groups excluding carboxylic acids is 1. The van der Waals surface area contributed by atoms with Gasteiger partial charge in [0.25, 0.3) is 0 Å². The Kier molecular flexibility index (Phi) is 4.53. The Hall–Kier alpha value is -1.06. The summed E-state index contributed by atoms with van der Waals surface area (Å²) in [5, 5.41) is 11.9. The molecule has 0 aliphatic rings. The summed E-state index contributed by atoms with van der Waals surface area (Å²) in [5.41, 5.74) is -1.78. The van der Waals surface area contributed by atoms with E-state index < -0.39 is 16.9 Å². The first-order valence-electron chi connectivity index (χ1n) is 5.61. The molecule has 0 fully saturated rings. The predicted molar refractivity (Wildman–Crippen MR) is 63.1 cm³/mol. The highest BCUT2D eigenvalue weighted by atomic mass is 16.4. The van der Waals surface area contributed by atoms with Crippen molar-refractivity contribution < 1.29 is 14.7 Å². The zero-order valence-electron chi connectivity index (χ0n) is 11.0. The molecule has 0 aromatic rings. The highest BCUT2D eigenvalue weighted by molar-refractivity contribution is 5.81. The third-order valence-electron chi connectivity index (χ3n) is 3.59. The van der Waals surface area contributed by atoms with E-state index in [4.69, 9.17) is 5.11 Å². The van der Waals surface area contributed by atoms with Gasteiger partial charge in [0.1, 0.15) is 0 Å². The smallest absolute Gasteiger partial charge is 0.311 e. The molecule has 1 atom stereocenters. The van der Waals surface area contributed by atoms with Gasteiger partial charge >= 0.3 is 5.97 Å². The van der Waals surface area contributed by atoms with Crippen molar-refractivity contribution in [2.45, 2.75) is 53.5 Å². The Balaban J connectivity index is 4.82. The van der Waals surface area contributed by atoms with Gasteiger partial charge in [0.15, 0.2) is 0 Å². The molecule has 94 valence electrons. The Morgan fingerprint density at radius 2 is 1.69 bits per heavy atom. The lowest BCUT2D eigenvalue weighted by molar-refractivity contribution is -0.152. The number of hydrogen-bond donors (Lipinski definition) is 2. The highest BCUT2D eigenvalue weighted by Gasteiger charge is 2.44. The number of carbonyl (C=O) groups is 2. The van der Waals surface area contributed by atoms with Crippen molar-refractivity contribution in [3.63, 3.8) is 0 Å². The van der Waals surface area contributed by atoms with E-state index in [2.05, 4.69) is 5.32 Å². The molecule has 16 heavy (non-hydrogen) atoms. The number of aliphatic carboxylic acids is 1. The van der Waals surface area contributed by atoms with Crippen LogP contribution in [0.5, 0.6) is 0 Å². The normalized spacial score (nSPS) is 14.4. The van der Waals surface area contributed by atoms with Crippen LogP contribution in [-0.2, 0) is 9.59 Å². The summed E-state index contributed by atoms with van der Waals surface area (Å²) in [6.07, 6.45) is 0.745. The van der Waals surface area contributed by atoms with Crippen LogP contribution in [-0.4, -0.2) is 22.5 Å². The minimum atomic E-state index is -1.00. The highest BCUT2D eigenvalue weighted by Crippen LogP contribution is 2.31. The molecule has 0 saturated carbocycles. The number of hydrogen-bond acceptors (Lipinski definition) is 2. The molecule has 0 bridgehead atoms. The molecule has 0 aliphatic carbocycles. The maximum Gasteiger partial charge on any atom is 0.311 e. The molecule has 0 aromatic heterocycles. The standard InChI is InChI=1S/C12H23NO3/c1-7-8(2)9(14)13-12(5,6)11(3,4)10(15)16/h8H,7H2,1-6H3,(H,13,14)(H,15,16). The molecular formula is C12H23NO3. The maximum absolute atomic E-state index is 11.8. The third kappa shape index (κ3) is 2.97. The number of nitrogens with one attached hydrogen (secondary N) is 1. The fourth-order valence-corrected chi connectivity index (χ4v) is 1.04. The van der Waals surface area contributed by atoms with E-state index in [-0.39, 0.29) is 11.8 Å². The minimum absolute atomic E-state index is 0.0936. The van der Waals surface area contributed by atoms with Crippen LogP contribution in [0.4, 0.5) is 0 Å². The Morgan fingerprint density at radius 1 is 1.25 bits per heavy atom. The Morgan fingerprint density at radius 3 is 2.00 bits per heavy atom. The lowest BCUT2D eigenvalue weighted by Crippen LogP contribution is -2.57. The Labute approximate surface area is 97.4 Å². The monoisotopic (exact) mass is 229 g/mol. The van der Waals surface area contributed by atoms with Crippen LogP contribution < -0.4 is 5.32 Å². The van der Waals surface area contributed by atoms with Crippen molar-refractivity contribution in [2.75, 3.05) is 0 Å². The average molecular weight is 229 g/mol. The lowest BCUT2D eigenvalue weighted by atomic mass is 9.74. The van der Waals surface area contributed by atoms with Gasteiger partial charge in [0, 0.05) is 11.5 Å². The summed E-state index contributed by atoms with van der Waals surface area (Å²) in [6.45, 7) is 10.5. The van der Waals surface area contributed by atoms with E-state index in [1.807, 2.05) is 13.8 Å². The number of carboxylic acid groups (broad SMARTS) is 1. The fourth-order valence-electron chi connectivity index (χ4n) is 1.04. The lowest BCUT2D eigenvalue weighted by Gasteiger charge is -2.39. The van der Waals surface area contributed by atoms with Gasteiger partial charge < -0.3 is 10.4 Å². The van der Waals surface area contributed by atoms with Gasteiger partial charge in [0.2, 0.25) is 5.91 Å². The quantitative estimate of drug-likeness (QED) is 0.758. The topological polar surface area (TPSA) is 66.4 Å². The van der Waals surface area contributed by atoms with E-state index in [0.29, 0.717) is 0 Å². The van der Waals surface area contributed by atoms with Crippen molar-refractivity contribution in [3.8, 4) is 0 Å². The van der Waals surface area contributed by atoms with Gasteiger partial charge in [-0.15, -0.1) is 0 Å². The summed E-state index contributed by atoms with van der Waals surface area (Å²) >= 11 is 0. The molecule has 0 heterocycles. The second-order valence-corrected chi connectivity index (χ2v) is 5.35. The predicted octanol–water partition coefficient (Wildman–Crippen LogP) is 2.04. The summed E-state index contributed by atoms with van der Waals surface area (Å²) in [4.78, 5) is 22.9. The summed E-state index contributed by atoms with van der Waals surface area (Å²) < 4.78 is 0. The minimum Gasteiger partial charge on any atom is -0.481 e. The number of amides is 1. The summed E-state index contributed by atoms with van der Waals surface area (Å²) in [6, 6.07) is 0. The first-order valence-corrected chi connectivity index (χ1v) is 5.61. The van der Waals surface area contributed by atoms with E-state index >= 15 is 0 Å². The van der Waals surface area contributed by atoms with E-state index in [1.165, 1.54) is 0 Å². The molecule has 0 spiro atoms. The first-order chi connectivity index (χ1) is 7.06. The SMILES string of the molecule is CCC(C)C(=O)NC(C)(C)C(C)(C)C(=O)O. The van der Waals surface area contributed by atoms with Crippen molar-refractivity contribution >= 4 is 11.9 Å². The Bertz CT molecular complexity index is 282. The van der Waals surface area contributed by atoms with E-state index in [9.17, 15) is 9.59 Å². The van der Waals surface area contributed by atoms with Crippen molar-refractivity contribution in [2.24, 2.45) is 11.3 Å². The second kappa shape index (κ2) is 4.85.